The van der Waals surface area contributed by atoms with Crippen LogP contribution in [0.5, 0.6) is 0 Å². The molecule has 1 rings (SSSR count). The maximum atomic E-state index is 12.7. The Morgan fingerprint density at radius 2 is 2.07 bits per heavy atom. The van der Waals surface area contributed by atoms with Crippen molar-refractivity contribution in [2.24, 2.45) is 0 Å². The van der Waals surface area contributed by atoms with Gasteiger partial charge >= 0.3 is 0 Å². The lowest BCUT2D eigenvalue weighted by Crippen LogP contribution is -2.19. The second-order valence-electron chi connectivity index (χ2n) is 3.03. The van der Waals surface area contributed by atoms with Crippen LogP contribution in [-0.2, 0) is 0 Å². The van der Waals surface area contributed by atoms with E-state index in [0.717, 1.165) is 12.3 Å². The molecule has 0 spiro atoms. The number of halogens is 3. The Bertz CT molecular complexity index is 338. The Labute approximate surface area is 93.9 Å². The molecule has 0 amide bonds. The summed E-state index contributed by atoms with van der Waals surface area (Å²) in [5, 5.41) is 19.4. The quantitative estimate of drug-likeness (QED) is 0.650. The second-order valence-corrected chi connectivity index (χ2v) is 3.82. The lowest BCUT2D eigenvalue weighted by atomic mass is 10.0. The minimum absolute atomic E-state index is 0.0577. The number of alkyl halides is 1. The van der Waals surface area contributed by atoms with E-state index in [1.807, 2.05) is 0 Å². The van der Waals surface area contributed by atoms with Gasteiger partial charge in [-0.1, -0.05) is 15.9 Å². The minimum Gasteiger partial charge on any atom is -0.390 e. The number of aromatic nitrogens is 1. The van der Waals surface area contributed by atoms with E-state index in [-0.39, 0.29) is 5.56 Å². The van der Waals surface area contributed by atoms with Crippen LogP contribution in [0.25, 0.3) is 0 Å². The summed E-state index contributed by atoms with van der Waals surface area (Å²) in [7, 11) is 0. The van der Waals surface area contributed by atoms with E-state index < -0.39 is 24.0 Å². The van der Waals surface area contributed by atoms with Crippen molar-refractivity contribution in [3.63, 3.8) is 0 Å². The van der Waals surface area contributed by atoms with Crippen LogP contribution in [0.1, 0.15) is 18.1 Å². The van der Waals surface area contributed by atoms with Crippen molar-refractivity contribution < 1.29 is 19.0 Å². The third-order valence-electron chi connectivity index (χ3n) is 1.93. The fourth-order valence-corrected chi connectivity index (χ4v) is 1.56. The monoisotopic (exact) mass is 281 g/mol. The molecule has 3 nitrogen and oxygen atoms in total. The van der Waals surface area contributed by atoms with Crippen LogP contribution in [0.15, 0.2) is 12.3 Å². The lowest BCUT2D eigenvalue weighted by molar-refractivity contribution is 0.0169. The van der Waals surface area contributed by atoms with Gasteiger partial charge in [-0.2, -0.15) is 4.39 Å². The van der Waals surface area contributed by atoms with Crippen LogP contribution in [0, 0.1) is 11.8 Å². The topological polar surface area (TPSA) is 53.4 Å². The molecule has 6 heteroatoms. The molecular formula is C9H10BrF2NO2. The number of hydrogen-bond donors (Lipinski definition) is 2. The Morgan fingerprint density at radius 3 is 2.60 bits per heavy atom. The van der Waals surface area contributed by atoms with Crippen LogP contribution >= 0.6 is 15.9 Å². The molecule has 2 atom stereocenters. The highest BCUT2D eigenvalue weighted by Crippen LogP contribution is 2.20. The molecule has 1 heterocycles. The third kappa shape index (κ3) is 3.19. The van der Waals surface area contributed by atoms with Crippen LogP contribution < -0.4 is 0 Å². The minimum atomic E-state index is -1.26. The SMILES string of the molecule is OC(CCBr)C(O)c1cnc(F)c(F)c1. The molecule has 0 bridgehead atoms. The standard InChI is InChI=1S/C9H10BrF2NO2/c10-2-1-7(14)8(15)5-3-6(11)9(12)13-4-5/h3-4,7-8,14-15H,1-2H2. The number of nitrogens with zero attached hydrogens (tertiary/aromatic N) is 1. The van der Waals surface area contributed by atoms with Crippen molar-refractivity contribution in [3.05, 3.63) is 29.6 Å². The first kappa shape index (κ1) is 12.5. The van der Waals surface area contributed by atoms with Gasteiger partial charge in [0.05, 0.1) is 6.10 Å². The van der Waals surface area contributed by atoms with Gasteiger partial charge in [0.1, 0.15) is 6.10 Å². The maximum Gasteiger partial charge on any atom is 0.248 e. The van der Waals surface area contributed by atoms with Gasteiger partial charge in [0.15, 0.2) is 5.82 Å². The van der Waals surface area contributed by atoms with E-state index >= 15 is 0 Å². The highest BCUT2D eigenvalue weighted by Gasteiger charge is 2.19. The molecule has 0 aliphatic rings. The zero-order chi connectivity index (χ0) is 11.4. The van der Waals surface area contributed by atoms with Crippen molar-refractivity contribution >= 4 is 15.9 Å². The summed E-state index contributed by atoms with van der Waals surface area (Å²) in [6.07, 6.45) is -0.984. The van der Waals surface area contributed by atoms with Gasteiger partial charge in [0, 0.05) is 17.1 Å². The predicted octanol–water partition coefficient (Wildman–Crippen LogP) is 1.54. The molecule has 0 saturated heterocycles. The van der Waals surface area contributed by atoms with E-state index in [0.29, 0.717) is 11.8 Å². The van der Waals surface area contributed by atoms with Gasteiger partial charge in [-0.05, 0) is 12.5 Å². The van der Waals surface area contributed by atoms with Gasteiger partial charge in [-0.3, -0.25) is 0 Å². The average molecular weight is 282 g/mol. The van der Waals surface area contributed by atoms with Crippen molar-refractivity contribution in [1.29, 1.82) is 0 Å². The van der Waals surface area contributed by atoms with Crippen LogP contribution in [0.3, 0.4) is 0 Å². The summed E-state index contributed by atoms with van der Waals surface area (Å²) in [5.41, 5.74) is 0.0577. The number of aliphatic hydroxyl groups is 2. The summed E-state index contributed by atoms with van der Waals surface area (Å²) >= 11 is 3.10. The molecule has 0 aromatic carbocycles. The highest BCUT2D eigenvalue weighted by molar-refractivity contribution is 9.09. The number of rotatable bonds is 4. The average Bonchev–Trinajstić information content (AvgIpc) is 2.21. The summed E-state index contributed by atoms with van der Waals surface area (Å²) in [4.78, 5) is 3.12. The zero-order valence-electron chi connectivity index (χ0n) is 7.70. The summed E-state index contributed by atoms with van der Waals surface area (Å²) < 4.78 is 25.2. The first-order valence-electron chi connectivity index (χ1n) is 4.29. The second kappa shape index (κ2) is 5.48. The molecular weight excluding hydrogens is 272 g/mol. The van der Waals surface area contributed by atoms with Gasteiger partial charge in [0.25, 0.3) is 0 Å². The Morgan fingerprint density at radius 1 is 1.40 bits per heavy atom. The highest BCUT2D eigenvalue weighted by atomic mass is 79.9. The van der Waals surface area contributed by atoms with E-state index in [9.17, 15) is 19.0 Å². The summed E-state index contributed by atoms with van der Waals surface area (Å²) in [5.74, 6) is -2.36. The van der Waals surface area contributed by atoms with E-state index in [1.165, 1.54) is 0 Å². The van der Waals surface area contributed by atoms with Gasteiger partial charge in [0.2, 0.25) is 5.95 Å². The molecule has 0 saturated carbocycles. The largest absolute Gasteiger partial charge is 0.390 e. The van der Waals surface area contributed by atoms with Gasteiger partial charge < -0.3 is 10.2 Å². The molecule has 0 fully saturated rings. The van der Waals surface area contributed by atoms with Gasteiger partial charge in [-0.15, -0.1) is 0 Å². The molecule has 1 aromatic rings. The van der Waals surface area contributed by atoms with E-state index in [4.69, 9.17) is 0 Å². The van der Waals surface area contributed by atoms with Crippen molar-refractivity contribution in [2.45, 2.75) is 18.6 Å². The summed E-state index contributed by atoms with van der Waals surface area (Å²) in [6.45, 7) is 0. The summed E-state index contributed by atoms with van der Waals surface area (Å²) in [6, 6.07) is 0.824. The molecule has 0 aliphatic heterocycles. The predicted molar refractivity (Wildman–Crippen MR) is 53.5 cm³/mol. The molecule has 1 aromatic heterocycles. The lowest BCUT2D eigenvalue weighted by Gasteiger charge is -2.16. The Hall–Kier alpha value is -0.590. The normalized spacial score (nSPS) is 15.0. The van der Waals surface area contributed by atoms with Crippen LogP contribution in [-0.4, -0.2) is 26.6 Å². The smallest absolute Gasteiger partial charge is 0.248 e. The Kier molecular flexibility index (Phi) is 4.56. The van der Waals surface area contributed by atoms with Crippen LogP contribution in [0.2, 0.25) is 0 Å². The molecule has 2 N–H and O–H groups in total. The van der Waals surface area contributed by atoms with E-state index in [1.54, 1.807) is 0 Å². The fourth-order valence-electron chi connectivity index (χ4n) is 1.09. The molecule has 2 unspecified atom stereocenters. The van der Waals surface area contributed by atoms with Gasteiger partial charge in [-0.25, -0.2) is 9.37 Å². The number of pyridine rings is 1. The Balaban J connectivity index is 2.81. The number of hydrogen-bond acceptors (Lipinski definition) is 3. The van der Waals surface area contributed by atoms with Crippen molar-refractivity contribution in [2.75, 3.05) is 5.33 Å². The molecule has 15 heavy (non-hydrogen) atoms. The first-order valence-corrected chi connectivity index (χ1v) is 5.41. The fraction of sp³-hybridized carbons (Fsp3) is 0.444. The number of aliphatic hydroxyl groups excluding tert-OH is 2. The van der Waals surface area contributed by atoms with Crippen LogP contribution in [0.4, 0.5) is 8.78 Å². The zero-order valence-corrected chi connectivity index (χ0v) is 9.29. The van der Waals surface area contributed by atoms with Crippen molar-refractivity contribution in [3.8, 4) is 0 Å². The first-order chi connectivity index (χ1) is 7.06. The maximum absolute atomic E-state index is 12.7. The molecule has 0 aliphatic carbocycles. The van der Waals surface area contributed by atoms with Crippen molar-refractivity contribution in [1.82, 2.24) is 4.98 Å². The third-order valence-corrected chi connectivity index (χ3v) is 2.39. The molecule has 0 radical (unpaired) electrons. The molecule has 84 valence electrons. The van der Waals surface area contributed by atoms with E-state index in [2.05, 4.69) is 20.9 Å².